The summed E-state index contributed by atoms with van der Waals surface area (Å²) in [4.78, 5) is 0. The molecule has 0 saturated heterocycles. The minimum atomic E-state index is -1.48. The second kappa shape index (κ2) is 6.32. The highest BCUT2D eigenvalue weighted by Crippen LogP contribution is 2.38. The second-order valence-electron chi connectivity index (χ2n) is 5.22. The van der Waals surface area contributed by atoms with Crippen LogP contribution in [0.15, 0.2) is 72.8 Å². The lowest BCUT2D eigenvalue weighted by Gasteiger charge is -2.30. The van der Waals surface area contributed by atoms with Crippen LogP contribution >= 0.6 is 23.2 Å². The SMILES string of the molecule is OC(c1ccccc1)(c1cccc(Cl)c1)c1ccc(F)c(Cl)c1. The molecule has 0 aromatic heterocycles. The number of hydrogen-bond donors (Lipinski definition) is 1. The van der Waals surface area contributed by atoms with Crippen molar-refractivity contribution in [1.29, 1.82) is 0 Å². The Bertz CT molecular complexity index is 836. The van der Waals surface area contributed by atoms with Gasteiger partial charge in [-0.05, 0) is 41.0 Å². The molecule has 1 N–H and O–H groups in total. The van der Waals surface area contributed by atoms with Gasteiger partial charge in [-0.15, -0.1) is 0 Å². The van der Waals surface area contributed by atoms with Gasteiger partial charge < -0.3 is 5.11 Å². The molecule has 0 heterocycles. The highest BCUT2D eigenvalue weighted by molar-refractivity contribution is 6.31. The molecule has 0 spiro atoms. The molecule has 0 bridgehead atoms. The average molecular weight is 347 g/mol. The Morgan fingerprint density at radius 2 is 1.39 bits per heavy atom. The minimum absolute atomic E-state index is 0.0427. The van der Waals surface area contributed by atoms with Crippen LogP contribution in [0.1, 0.15) is 16.7 Å². The zero-order valence-electron chi connectivity index (χ0n) is 12.0. The molecule has 1 unspecified atom stereocenters. The molecular formula is C19H13Cl2FO. The normalized spacial score (nSPS) is 13.6. The van der Waals surface area contributed by atoms with Gasteiger partial charge in [0.2, 0.25) is 0 Å². The molecule has 4 heteroatoms. The van der Waals surface area contributed by atoms with Gasteiger partial charge >= 0.3 is 0 Å². The molecule has 1 nitrogen and oxygen atoms in total. The lowest BCUT2D eigenvalue weighted by molar-refractivity contribution is 0.125. The maximum atomic E-state index is 13.5. The standard InChI is InChI=1S/C19H13Cl2FO/c20-16-8-4-7-14(11-16)19(23,13-5-2-1-3-6-13)15-9-10-18(22)17(21)12-15/h1-12,23H. The Hall–Kier alpha value is -1.87. The maximum Gasteiger partial charge on any atom is 0.141 e. The Labute approximate surface area is 143 Å². The van der Waals surface area contributed by atoms with Gasteiger partial charge in [-0.1, -0.05) is 71.7 Å². The van der Waals surface area contributed by atoms with Crippen LogP contribution in [0.25, 0.3) is 0 Å². The summed E-state index contributed by atoms with van der Waals surface area (Å²) in [5, 5.41) is 12.0. The van der Waals surface area contributed by atoms with E-state index in [9.17, 15) is 9.50 Å². The lowest BCUT2D eigenvalue weighted by atomic mass is 9.80. The van der Waals surface area contributed by atoms with E-state index < -0.39 is 11.4 Å². The van der Waals surface area contributed by atoms with Crippen LogP contribution in [0, 0.1) is 5.82 Å². The summed E-state index contributed by atoms with van der Waals surface area (Å²) in [6.07, 6.45) is 0. The predicted molar refractivity (Wildman–Crippen MR) is 91.4 cm³/mol. The van der Waals surface area contributed by atoms with Gasteiger partial charge in [0.05, 0.1) is 5.02 Å². The van der Waals surface area contributed by atoms with Crippen molar-refractivity contribution in [2.45, 2.75) is 5.60 Å². The number of halogens is 3. The molecule has 116 valence electrons. The van der Waals surface area contributed by atoms with Gasteiger partial charge in [0.25, 0.3) is 0 Å². The largest absolute Gasteiger partial charge is 0.376 e. The summed E-state index contributed by atoms with van der Waals surface area (Å²) in [6, 6.07) is 20.3. The number of benzene rings is 3. The Kier molecular flexibility index (Phi) is 4.40. The molecule has 0 saturated carbocycles. The van der Waals surface area contributed by atoms with Crippen LogP contribution in [0.5, 0.6) is 0 Å². The molecule has 0 radical (unpaired) electrons. The van der Waals surface area contributed by atoms with Gasteiger partial charge in [-0.25, -0.2) is 4.39 Å². The molecule has 3 aromatic rings. The average Bonchev–Trinajstić information content (AvgIpc) is 2.57. The number of rotatable bonds is 3. The van der Waals surface area contributed by atoms with E-state index in [2.05, 4.69) is 0 Å². The highest BCUT2D eigenvalue weighted by atomic mass is 35.5. The van der Waals surface area contributed by atoms with E-state index in [1.54, 1.807) is 36.4 Å². The Balaban J connectivity index is 2.28. The van der Waals surface area contributed by atoms with Crippen LogP contribution in [0.2, 0.25) is 10.0 Å². The summed E-state index contributed by atoms with van der Waals surface area (Å²) in [5.41, 5.74) is 0.213. The van der Waals surface area contributed by atoms with Crippen LogP contribution in [0.3, 0.4) is 0 Å². The molecule has 3 aromatic carbocycles. The van der Waals surface area contributed by atoms with E-state index in [0.29, 0.717) is 21.7 Å². The molecule has 0 aliphatic rings. The van der Waals surface area contributed by atoms with Gasteiger partial charge in [0.15, 0.2) is 0 Å². The van der Waals surface area contributed by atoms with Crippen molar-refractivity contribution in [3.8, 4) is 0 Å². The van der Waals surface area contributed by atoms with Crippen molar-refractivity contribution in [2.24, 2.45) is 0 Å². The minimum Gasteiger partial charge on any atom is -0.376 e. The fourth-order valence-electron chi connectivity index (χ4n) is 2.61. The van der Waals surface area contributed by atoms with Crippen LogP contribution in [0.4, 0.5) is 4.39 Å². The first kappa shape index (κ1) is 16.0. The third kappa shape index (κ3) is 2.98. The molecule has 0 aliphatic heterocycles. The zero-order valence-corrected chi connectivity index (χ0v) is 13.5. The first-order valence-corrected chi connectivity index (χ1v) is 7.77. The Morgan fingerprint density at radius 1 is 0.739 bits per heavy atom. The number of hydrogen-bond acceptors (Lipinski definition) is 1. The molecule has 0 aliphatic carbocycles. The highest BCUT2D eigenvalue weighted by Gasteiger charge is 2.34. The number of aliphatic hydroxyl groups is 1. The second-order valence-corrected chi connectivity index (χ2v) is 6.06. The Morgan fingerprint density at radius 3 is 2.04 bits per heavy atom. The molecule has 0 amide bonds. The van der Waals surface area contributed by atoms with Crippen molar-refractivity contribution >= 4 is 23.2 Å². The molecule has 3 rings (SSSR count). The fourth-order valence-corrected chi connectivity index (χ4v) is 2.98. The molecule has 1 atom stereocenters. The van der Waals surface area contributed by atoms with E-state index in [4.69, 9.17) is 23.2 Å². The summed E-state index contributed by atoms with van der Waals surface area (Å²) in [6.45, 7) is 0. The van der Waals surface area contributed by atoms with Gasteiger partial charge in [-0.2, -0.15) is 0 Å². The van der Waals surface area contributed by atoms with Crippen LogP contribution in [-0.4, -0.2) is 5.11 Å². The lowest BCUT2D eigenvalue weighted by Crippen LogP contribution is -2.28. The fraction of sp³-hybridized carbons (Fsp3) is 0.0526. The summed E-state index contributed by atoms with van der Waals surface area (Å²) in [5.74, 6) is -0.531. The van der Waals surface area contributed by atoms with Crippen molar-refractivity contribution in [1.82, 2.24) is 0 Å². The molecule has 23 heavy (non-hydrogen) atoms. The summed E-state index contributed by atoms with van der Waals surface area (Å²) < 4.78 is 13.5. The molecular weight excluding hydrogens is 334 g/mol. The predicted octanol–water partition coefficient (Wildman–Crippen LogP) is 5.42. The van der Waals surface area contributed by atoms with Crippen molar-refractivity contribution in [3.63, 3.8) is 0 Å². The van der Waals surface area contributed by atoms with Gasteiger partial charge in [0.1, 0.15) is 11.4 Å². The van der Waals surface area contributed by atoms with Crippen molar-refractivity contribution in [3.05, 3.63) is 105 Å². The zero-order chi connectivity index (χ0) is 16.4. The van der Waals surface area contributed by atoms with E-state index in [1.807, 2.05) is 18.2 Å². The van der Waals surface area contributed by atoms with Crippen LogP contribution in [-0.2, 0) is 5.60 Å². The quantitative estimate of drug-likeness (QED) is 0.628. The van der Waals surface area contributed by atoms with E-state index >= 15 is 0 Å². The first-order chi connectivity index (χ1) is 11.0. The van der Waals surface area contributed by atoms with Gasteiger partial charge in [0, 0.05) is 5.02 Å². The van der Waals surface area contributed by atoms with Crippen LogP contribution < -0.4 is 0 Å². The van der Waals surface area contributed by atoms with E-state index in [0.717, 1.165) is 0 Å². The third-order valence-electron chi connectivity index (χ3n) is 3.77. The van der Waals surface area contributed by atoms with E-state index in [1.165, 1.54) is 18.2 Å². The smallest absolute Gasteiger partial charge is 0.141 e. The third-order valence-corrected chi connectivity index (χ3v) is 4.30. The topological polar surface area (TPSA) is 20.2 Å². The monoisotopic (exact) mass is 346 g/mol. The van der Waals surface area contributed by atoms with E-state index in [-0.39, 0.29) is 5.02 Å². The maximum absolute atomic E-state index is 13.5. The van der Waals surface area contributed by atoms with Crippen molar-refractivity contribution in [2.75, 3.05) is 0 Å². The van der Waals surface area contributed by atoms with Gasteiger partial charge in [-0.3, -0.25) is 0 Å². The summed E-state index contributed by atoms with van der Waals surface area (Å²) >= 11 is 12.0. The summed E-state index contributed by atoms with van der Waals surface area (Å²) in [7, 11) is 0. The molecule has 0 fully saturated rings. The van der Waals surface area contributed by atoms with Crippen molar-refractivity contribution < 1.29 is 9.50 Å². The first-order valence-electron chi connectivity index (χ1n) is 7.01.